The van der Waals surface area contributed by atoms with Crippen molar-refractivity contribution in [1.82, 2.24) is 24.1 Å². The van der Waals surface area contributed by atoms with Crippen molar-refractivity contribution >= 4 is 0 Å². The van der Waals surface area contributed by atoms with Crippen LogP contribution < -0.4 is 0 Å². The molecule has 4 heterocycles. The zero-order chi connectivity index (χ0) is 17.1. The summed E-state index contributed by atoms with van der Waals surface area (Å²) in [6.45, 7) is 8.02. The number of fused-ring (bicyclic) bond motifs is 1. The number of piperidine rings is 1. The maximum Gasteiger partial charge on any atom is 0.0768 e. The van der Waals surface area contributed by atoms with Crippen LogP contribution in [0.2, 0.25) is 0 Å². The van der Waals surface area contributed by atoms with Crippen LogP contribution in [0.25, 0.3) is 0 Å². The minimum Gasteiger partial charge on any atom is -0.392 e. The predicted octanol–water partition coefficient (Wildman–Crippen LogP) is 1.55. The van der Waals surface area contributed by atoms with E-state index in [1.807, 2.05) is 0 Å². The van der Waals surface area contributed by atoms with Crippen molar-refractivity contribution < 1.29 is 5.11 Å². The van der Waals surface area contributed by atoms with E-state index in [-0.39, 0.29) is 6.10 Å². The minimum atomic E-state index is -0.165. The van der Waals surface area contributed by atoms with E-state index < -0.39 is 0 Å². The van der Waals surface area contributed by atoms with Crippen molar-refractivity contribution in [3.8, 4) is 0 Å². The van der Waals surface area contributed by atoms with Gasteiger partial charge in [-0.25, -0.2) is 0 Å². The highest BCUT2D eigenvalue weighted by molar-refractivity contribution is 5.12. The van der Waals surface area contributed by atoms with Gasteiger partial charge in [-0.05, 0) is 44.0 Å². The number of aliphatic hydroxyl groups is 1. The van der Waals surface area contributed by atoms with Gasteiger partial charge in [-0.15, -0.1) is 0 Å². The molecule has 1 saturated heterocycles. The van der Waals surface area contributed by atoms with Crippen LogP contribution in [0.1, 0.15) is 30.7 Å². The van der Waals surface area contributed by atoms with Gasteiger partial charge in [-0.3, -0.25) is 14.5 Å². The standard InChI is InChI=1S/C19H29N5O/c25-19-5-3-8-23(16-19)14-17-13-18-15-22(11-12-24(18)20-17)10-4-9-21-6-1-2-7-21/h1-2,6-7,13,19,25H,3-5,8-12,14-16H2/t19-/m0/s1. The Morgan fingerprint density at radius 2 is 1.96 bits per heavy atom. The first kappa shape index (κ1) is 16.8. The van der Waals surface area contributed by atoms with Crippen molar-refractivity contribution in [2.24, 2.45) is 0 Å². The fourth-order valence-corrected chi connectivity index (χ4v) is 4.05. The Hall–Kier alpha value is -1.63. The van der Waals surface area contributed by atoms with Crippen molar-refractivity contribution in [1.29, 1.82) is 0 Å². The maximum absolute atomic E-state index is 9.83. The molecule has 0 spiro atoms. The Morgan fingerprint density at radius 3 is 2.80 bits per heavy atom. The molecule has 0 saturated carbocycles. The maximum atomic E-state index is 9.83. The summed E-state index contributed by atoms with van der Waals surface area (Å²) in [7, 11) is 0. The van der Waals surface area contributed by atoms with Gasteiger partial charge in [0.1, 0.15) is 0 Å². The van der Waals surface area contributed by atoms with E-state index in [9.17, 15) is 5.11 Å². The number of likely N-dealkylation sites (tertiary alicyclic amines) is 1. The SMILES string of the molecule is O[C@H]1CCCN(Cc2cc3n(n2)CCN(CCCn2cccc2)C3)C1. The first-order valence-electron chi connectivity index (χ1n) is 9.55. The largest absolute Gasteiger partial charge is 0.392 e. The molecule has 0 radical (unpaired) electrons. The number of nitrogens with zero attached hydrogens (tertiary/aromatic N) is 5. The van der Waals surface area contributed by atoms with Crippen LogP contribution in [0.5, 0.6) is 0 Å². The molecule has 2 aliphatic heterocycles. The molecule has 0 aromatic carbocycles. The molecular weight excluding hydrogens is 314 g/mol. The Labute approximate surface area is 149 Å². The number of rotatable bonds is 6. The lowest BCUT2D eigenvalue weighted by Gasteiger charge is -2.29. The van der Waals surface area contributed by atoms with E-state index in [1.165, 1.54) is 12.1 Å². The molecule has 2 aromatic rings. The molecule has 6 heteroatoms. The Bertz CT molecular complexity index is 665. The summed E-state index contributed by atoms with van der Waals surface area (Å²) >= 11 is 0. The Morgan fingerprint density at radius 1 is 1.08 bits per heavy atom. The number of β-amino-alcohol motifs (C(OH)–C–C–N with tert-alkyl or cyclic N) is 1. The third-order valence-corrected chi connectivity index (χ3v) is 5.35. The van der Waals surface area contributed by atoms with Crippen molar-refractivity contribution in [2.45, 2.75) is 51.5 Å². The van der Waals surface area contributed by atoms with Gasteiger partial charge < -0.3 is 9.67 Å². The van der Waals surface area contributed by atoms with Gasteiger partial charge >= 0.3 is 0 Å². The summed E-state index contributed by atoms with van der Waals surface area (Å²) in [5.74, 6) is 0. The molecule has 2 aromatic heterocycles. The summed E-state index contributed by atoms with van der Waals surface area (Å²) in [5, 5.41) is 14.6. The van der Waals surface area contributed by atoms with Crippen LogP contribution in [0.15, 0.2) is 30.6 Å². The van der Waals surface area contributed by atoms with Crippen LogP contribution in [0, 0.1) is 0 Å². The molecule has 1 fully saturated rings. The van der Waals surface area contributed by atoms with Crippen LogP contribution >= 0.6 is 0 Å². The number of aryl methyl sites for hydroxylation is 1. The zero-order valence-electron chi connectivity index (χ0n) is 14.9. The molecule has 0 bridgehead atoms. The van der Waals surface area contributed by atoms with Crippen molar-refractivity contribution in [3.63, 3.8) is 0 Å². The summed E-state index contributed by atoms with van der Waals surface area (Å²) in [6, 6.07) is 6.43. The second-order valence-electron chi connectivity index (χ2n) is 7.43. The van der Waals surface area contributed by atoms with E-state index in [4.69, 9.17) is 5.10 Å². The zero-order valence-corrected chi connectivity index (χ0v) is 14.9. The monoisotopic (exact) mass is 343 g/mol. The summed E-state index contributed by atoms with van der Waals surface area (Å²) in [6.07, 6.45) is 7.31. The first-order chi connectivity index (χ1) is 12.3. The fourth-order valence-electron chi connectivity index (χ4n) is 4.05. The van der Waals surface area contributed by atoms with Gasteiger partial charge in [-0.2, -0.15) is 5.10 Å². The van der Waals surface area contributed by atoms with Gasteiger partial charge in [0.05, 0.1) is 24.0 Å². The summed E-state index contributed by atoms with van der Waals surface area (Å²) < 4.78 is 4.43. The molecule has 25 heavy (non-hydrogen) atoms. The molecule has 136 valence electrons. The molecular formula is C19H29N5O. The topological polar surface area (TPSA) is 49.5 Å². The molecule has 2 aliphatic rings. The van der Waals surface area contributed by atoms with E-state index in [1.54, 1.807) is 0 Å². The normalized spacial score (nSPS) is 22.2. The third-order valence-electron chi connectivity index (χ3n) is 5.35. The number of hydrogen-bond donors (Lipinski definition) is 1. The van der Waals surface area contributed by atoms with Gasteiger partial charge in [0.15, 0.2) is 0 Å². The average molecular weight is 343 g/mol. The Kier molecular flexibility index (Phi) is 5.20. The second kappa shape index (κ2) is 7.72. The fraction of sp³-hybridized carbons (Fsp3) is 0.632. The molecule has 0 unspecified atom stereocenters. The second-order valence-corrected chi connectivity index (χ2v) is 7.43. The number of hydrogen-bond acceptors (Lipinski definition) is 4. The quantitative estimate of drug-likeness (QED) is 0.865. The van der Waals surface area contributed by atoms with E-state index in [0.29, 0.717) is 0 Å². The molecule has 4 rings (SSSR count). The predicted molar refractivity (Wildman–Crippen MR) is 97.1 cm³/mol. The van der Waals surface area contributed by atoms with Crippen LogP contribution in [-0.2, 0) is 26.2 Å². The first-order valence-corrected chi connectivity index (χ1v) is 9.55. The lowest BCUT2D eigenvalue weighted by Crippen LogP contribution is -2.37. The van der Waals surface area contributed by atoms with Crippen LogP contribution in [-0.4, -0.2) is 61.5 Å². The van der Waals surface area contributed by atoms with Crippen molar-refractivity contribution in [3.05, 3.63) is 42.0 Å². The van der Waals surface area contributed by atoms with Gasteiger partial charge in [-0.1, -0.05) is 0 Å². The van der Waals surface area contributed by atoms with Gasteiger partial charge in [0, 0.05) is 51.7 Å². The molecule has 0 amide bonds. The molecule has 6 nitrogen and oxygen atoms in total. The lowest BCUT2D eigenvalue weighted by atomic mass is 10.1. The highest BCUT2D eigenvalue weighted by Gasteiger charge is 2.21. The van der Waals surface area contributed by atoms with E-state index >= 15 is 0 Å². The van der Waals surface area contributed by atoms with Gasteiger partial charge in [0.2, 0.25) is 0 Å². The van der Waals surface area contributed by atoms with Crippen molar-refractivity contribution in [2.75, 3.05) is 26.2 Å². The number of aliphatic hydroxyl groups excluding tert-OH is 1. The highest BCUT2D eigenvalue weighted by atomic mass is 16.3. The number of aromatic nitrogens is 3. The summed E-state index contributed by atoms with van der Waals surface area (Å²) in [4.78, 5) is 4.87. The van der Waals surface area contributed by atoms with Crippen LogP contribution in [0.4, 0.5) is 0 Å². The average Bonchev–Trinajstić information content (AvgIpc) is 3.23. The molecule has 1 atom stereocenters. The smallest absolute Gasteiger partial charge is 0.0768 e. The molecule has 1 N–H and O–H groups in total. The van der Waals surface area contributed by atoms with Crippen LogP contribution in [0.3, 0.4) is 0 Å². The summed E-state index contributed by atoms with van der Waals surface area (Å²) in [5.41, 5.74) is 2.48. The minimum absolute atomic E-state index is 0.165. The molecule has 0 aliphatic carbocycles. The van der Waals surface area contributed by atoms with E-state index in [0.717, 1.165) is 70.9 Å². The third kappa shape index (κ3) is 4.32. The highest BCUT2D eigenvalue weighted by Crippen LogP contribution is 2.17. The lowest BCUT2D eigenvalue weighted by molar-refractivity contribution is 0.0661. The van der Waals surface area contributed by atoms with E-state index in [2.05, 4.69) is 49.6 Å². The van der Waals surface area contributed by atoms with Gasteiger partial charge in [0.25, 0.3) is 0 Å². The Balaban J connectivity index is 1.28.